The van der Waals surface area contributed by atoms with Crippen molar-refractivity contribution in [2.24, 2.45) is 0 Å². The van der Waals surface area contributed by atoms with Crippen molar-refractivity contribution in [2.45, 2.75) is 6.92 Å². The fourth-order valence-electron chi connectivity index (χ4n) is 0.980. The maximum atomic E-state index is 10.3. The van der Waals surface area contributed by atoms with Crippen molar-refractivity contribution in [1.82, 2.24) is 15.2 Å². The quantitative estimate of drug-likeness (QED) is 0.665. The second-order valence-corrected chi connectivity index (χ2v) is 2.78. The molecule has 0 aliphatic rings. The highest BCUT2D eigenvalue weighted by Crippen LogP contribution is 2.14. The van der Waals surface area contributed by atoms with Crippen LogP contribution in [0.3, 0.4) is 0 Å². The predicted molar refractivity (Wildman–Crippen MR) is 47.7 cm³/mol. The summed E-state index contributed by atoms with van der Waals surface area (Å²) in [6.07, 6.45) is 2.20. The van der Waals surface area contributed by atoms with Crippen LogP contribution in [-0.4, -0.2) is 21.5 Å². The zero-order chi connectivity index (χ0) is 9.97. The Morgan fingerprint density at radius 3 is 2.79 bits per heavy atom. The van der Waals surface area contributed by atoms with Crippen molar-refractivity contribution in [3.63, 3.8) is 0 Å². The fourth-order valence-corrected chi connectivity index (χ4v) is 0.980. The van der Waals surface area contributed by atoms with Crippen LogP contribution in [0.15, 0.2) is 22.7 Å². The van der Waals surface area contributed by atoms with Gasteiger partial charge in [0.1, 0.15) is 5.69 Å². The van der Waals surface area contributed by atoms with E-state index in [2.05, 4.69) is 15.2 Å². The van der Waals surface area contributed by atoms with Gasteiger partial charge in [-0.05, 0) is 18.6 Å². The highest BCUT2D eigenvalue weighted by Gasteiger charge is 2.07. The number of hydrogen-bond donors (Lipinski definition) is 0. The molecule has 0 radical (unpaired) electrons. The van der Waals surface area contributed by atoms with E-state index in [0.717, 1.165) is 5.56 Å². The topological polar surface area (TPSA) is 68.9 Å². The van der Waals surface area contributed by atoms with Gasteiger partial charge in [0.05, 0.1) is 0 Å². The van der Waals surface area contributed by atoms with E-state index in [0.29, 0.717) is 12.0 Å². The predicted octanol–water partition coefficient (Wildman–Crippen LogP) is 1.25. The van der Waals surface area contributed by atoms with Gasteiger partial charge in [-0.15, -0.1) is 10.2 Å². The van der Waals surface area contributed by atoms with E-state index in [1.807, 2.05) is 13.0 Å². The third kappa shape index (κ3) is 1.52. The molecule has 2 heterocycles. The summed E-state index contributed by atoms with van der Waals surface area (Å²) in [5, 5.41) is 7.19. The molecule has 0 saturated heterocycles. The van der Waals surface area contributed by atoms with E-state index in [1.165, 1.54) is 0 Å². The van der Waals surface area contributed by atoms with Crippen LogP contribution in [0.4, 0.5) is 0 Å². The molecule has 0 aliphatic carbocycles. The van der Waals surface area contributed by atoms with E-state index >= 15 is 0 Å². The number of hydrogen-bond acceptors (Lipinski definition) is 5. The van der Waals surface area contributed by atoms with Gasteiger partial charge in [-0.2, -0.15) is 0 Å². The number of carbonyl (C=O) groups is 1. The first-order valence-corrected chi connectivity index (χ1v) is 4.01. The van der Waals surface area contributed by atoms with Crippen molar-refractivity contribution in [2.75, 3.05) is 0 Å². The third-order valence-corrected chi connectivity index (χ3v) is 1.67. The molecular weight excluding hydrogens is 182 g/mol. The number of carbonyl (C=O) groups excluding carboxylic acids is 1. The molecule has 0 aliphatic heterocycles. The average molecular weight is 189 g/mol. The molecular formula is C9H7N3O2. The van der Waals surface area contributed by atoms with Crippen molar-refractivity contribution in [3.8, 4) is 11.6 Å². The van der Waals surface area contributed by atoms with Crippen LogP contribution in [0.25, 0.3) is 11.6 Å². The van der Waals surface area contributed by atoms with Gasteiger partial charge >= 0.3 is 0 Å². The monoisotopic (exact) mass is 189 g/mol. The van der Waals surface area contributed by atoms with Crippen molar-refractivity contribution in [1.29, 1.82) is 0 Å². The van der Waals surface area contributed by atoms with Crippen molar-refractivity contribution in [3.05, 3.63) is 29.8 Å². The Morgan fingerprint density at radius 2 is 2.21 bits per heavy atom. The Labute approximate surface area is 79.8 Å². The van der Waals surface area contributed by atoms with Gasteiger partial charge in [-0.1, -0.05) is 6.07 Å². The van der Waals surface area contributed by atoms with Crippen molar-refractivity contribution < 1.29 is 9.21 Å². The summed E-state index contributed by atoms with van der Waals surface area (Å²) in [6, 6.07) is 3.64. The molecule has 14 heavy (non-hydrogen) atoms. The summed E-state index contributed by atoms with van der Waals surface area (Å²) >= 11 is 0. The lowest BCUT2D eigenvalue weighted by atomic mass is 10.3. The number of pyridine rings is 1. The Hall–Kier alpha value is -2.04. The normalized spacial score (nSPS) is 10.1. The van der Waals surface area contributed by atoms with E-state index < -0.39 is 0 Å². The van der Waals surface area contributed by atoms with E-state index in [1.54, 1.807) is 12.3 Å². The molecule has 0 N–H and O–H groups in total. The molecule has 5 heteroatoms. The van der Waals surface area contributed by atoms with Gasteiger partial charge in [0.25, 0.3) is 11.8 Å². The molecule has 0 bridgehead atoms. The molecule has 2 aromatic rings. The summed E-state index contributed by atoms with van der Waals surface area (Å²) in [5.41, 5.74) is 1.61. The molecule has 0 unspecified atom stereocenters. The lowest BCUT2D eigenvalue weighted by molar-refractivity contribution is 0.109. The highest BCUT2D eigenvalue weighted by atomic mass is 16.4. The van der Waals surface area contributed by atoms with Gasteiger partial charge in [0.15, 0.2) is 0 Å². The van der Waals surface area contributed by atoms with Gasteiger partial charge < -0.3 is 4.42 Å². The van der Waals surface area contributed by atoms with Crippen LogP contribution in [-0.2, 0) is 0 Å². The smallest absolute Gasteiger partial charge is 0.281 e. The summed E-state index contributed by atoms with van der Waals surface area (Å²) in [4.78, 5) is 14.4. The Balaban J connectivity index is 2.39. The average Bonchev–Trinajstić information content (AvgIpc) is 2.67. The molecule has 0 spiro atoms. The molecule has 2 rings (SSSR count). The number of rotatable bonds is 2. The van der Waals surface area contributed by atoms with Crippen LogP contribution in [0, 0.1) is 6.92 Å². The second-order valence-electron chi connectivity index (χ2n) is 2.78. The van der Waals surface area contributed by atoms with Gasteiger partial charge in [-0.25, -0.2) is 0 Å². The largest absolute Gasteiger partial charge is 0.412 e. The van der Waals surface area contributed by atoms with Gasteiger partial charge in [0, 0.05) is 6.20 Å². The first kappa shape index (κ1) is 8.55. The fraction of sp³-hybridized carbons (Fsp3) is 0.111. The summed E-state index contributed by atoms with van der Waals surface area (Å²) in [6.45, 7) is 1.93. The molecule has 0 amide bonds. The number of nitrogens with zero attached hydrogens (tertiary/aromatic N) is 3. The summed E-state index contributed by atoms with van der Waals surface area (Å²) < 4.78 is 5.01. The maximum absolute atomic E-state index is 10.3. The second kappa shape index (κ2) is 3.37. The Bertz CT molecular complexity index is 447. The molecule has 5 nitrogen and oxygen atoms in total. The third-order valence-electron chi connectivity index (χ3n) is 1.67. The molecule has 0 fully saturated rings. The molecule has 0 atom stereocenters. The van der Waals surface area contributed by atoms with E-state index in [4.69, 9.17) is 4.42 Å². The van der Waals surface area contributed by atoms with E-state index in [-0.39, 0.29) is 11.8 Å². The van der Waals surface area contributed by atoms with Crippen LogP contribution in [0.2, 0.25) is 0 Å². The lowest BCUT2D eigenvalue weighted by Gasteiger charge is -1.93. The van der Waals surface area contributed by atoms with Crippen LogP contribution < -0.4 is 0 Å². The number of aryl methyl sites for hydroxylation is 1. The van der Waals surface area contributed by atoms with Crippen LogP contribution in [0.1, 0.15) is 16.2 Å². The molecule has 0 aromatic carbocycles. The first-order chi connectivity index (χ1) is 6.79. The standard InChI is InChI=1S/C9H7N3O2/c1-6-2-3-7(10-4-6)9-12-11-8(5-13)14-9/h2-5H,1H3. The zero-order valence-corrected chi connectivity index (χ0v) is 7.47. The van der Waals surface area contributed by atoms with Gasteiger partial charge in [0.2, 0.25) is 6.29 Å². The minimum Gasteiger partial charge on any atom is -0.412 e. The minimum absolute atomic E-state index is 0.0395. The molecule has 70 valence electrons. The number of aldehydes is 1. The Kier molecular flexibility index (Phi) is 2.06. The molecule has 2 aromatic heterocycles. The summed E-state index contributed by atoms with van der Waals surface area (Å²) in [7, 11) is 0. The SMILES string of the molecule is Cc1ccc(-c2nnc(C=O)o2)nc1. The van der Waals surface area contributed by atoms with Crippen LogP contribution in [0.5, 0.6) is 0 Å². The van der Waals surface area contributed by atoms with Crippen LogP contribution >= 0.6 is 0 Å². The molecule has 0 saturated carbocycles. The van der Waals surface area contributed by atoms with Crippen molar-refractivity contribution >= 4 is 6.29 Å². The van der Waals surface area contributed by atoms with E-state index in [9.17, 15) is 4.79 Å². The van der Waals surface area contributed by atoms with Gasteiger partial charge in [-0.3, -0.25) is 9.78 Å². The highest BCUT2D eigenvalue weighted by molar-refractivity contribution is 5.67. The Morgan fingerprint density at radius 1 is 1.36 bits per heavy atom. The minimum atomic E-state index is -0.0395. The number of aromatic nitrogens is 3. The first-order valence-electron chi connectivity index (χ1n) is 4.01. The zero-order valence-electron chi connectivity index (χ0n) is 7.47. The maximum Gasteiger partial charge on any atom is 0.281 e. The lowest BCUT2D eigenvalue weighted by Crippen LogP contribution is -1.83. The summed E-state index contributed by atoms with van der Waals surface area (Å²) in [5.74, 6) is 0.217.